The van der Waals surface area contributed by atoms with Crippen LogP contribution in [0.15, 0.2) is 47.8 Å². The molecule has 0 N–H and O–H groups in total. The van der Waals surface area contributed by atoms with Crippen molar-refractivity contribution in [2.75, 3.05) is 32.8 Å². The number of carbonyl (C=O) groups is 1. The summed E-state index contributed by atoms with van der Waals surface area (Å²) in [5.41, 5.74) is 4.14. The van der Waals surface area contributed by atoms with Gasteiger partial charge in [-0.05, 0) is 17.0 Å². The van der Waals surface area contributed by atoms with Crippen molar-refractivity contribution in [3.63, 3.8) is 0 Å². The van der Waals surface area contributed by atoms with Gasteiger partial charge in [-0.15, -0.1) is 11.3 Å². The first-order valence-corrected chi connectivity index (χ1v) is 11.4. The molecule has 1 fully saturated rings. The van der Waals surface area contributed by atoms with Gasteiger partial charge in [0.25, 0.3) is 5.91 Å². The molecule has 4 heterocycles. The van der Waals surface area contributed by atoms with Gasteiger partial charge in [-0.25, -0.2) is 0 Å². The van der Waals surface area contributed by atoms with E-state index in [2.05, 4.69) is 39.2 Å². The smallest absolute Gasteiger partial charge is 0.274 e. The molecule has 156 valence electrons. The van der Waals surface area contributed by atoms with Crippen LogP contribution in [0.1, 0.15) is 32.2 Å². The summed E-state index contributed by atoms with van der Waals surface area (Å²) in [5.74, 6) is 0.0411. The van der Waals surface area contributed by atoms with Crippen LogP contribution in [0.3, 0.4) is 0 Å². The maximum atomic E-state index is 13.3. The molecule has 1 aromatic carbocycles. The van der Waals surface area contributed by atoms with E-state index in [0.29, 0.717) is 38.5 Å². The number of nitrogens with zero attached hydrogens (tertiary/aromatic N) is 4. The third-order valence-corrected chi connectivity index (χ3v) is 6.71. The zero-order valence-electron chi connectivity index (χ0n) is 17.0. The van der Waals surface area contributed by atoms with Crippen molar-refractivity contribution in [3.8, 4) is 0 Å². The summed E-state index contributed by atoms with van der Waals surface area (Å²) in [4.78, 5) is 19.0. The van der Waals surface area contributed by atoms with Gasteiger partial charge in [0.15, 0.2) is 5.69 Å². The molecule has 5 rings (SSSR count). The second kappa shape index (κ2) is 8.71. The van der Waals surface area contributed by atoms with Crippen molar-refractivity contribution in [1.82, 2.24) is 19.6 Å². The second-order valence-electron chi connectivity index (χ2n) is 7.86. The van der Waals surface area contributed by atoms with Crippen LogP contribution in [-0.2, 0) is 30.8 Å². The van der Waals surface area contributed by atoms with Gasteiger partial charge < -0.3 is 9.64 Å². The summed E-state index contributed by atoms with van der Waals surface area (Å²) in [6, 6.07) is 14.6. The lowest BCUT2D eigenvalue weighted by Gasteiger charge is -2.29. The number of hydrogen-bond donors (Lipinski definition) is 0. The van der Waals surface area contributed by atoms with E-state index in [1.54, 1.807) is 11.3 Å². The molecule has 3 aromatic rings. The molecule has 1 saturated heterocycles. The molecule has 30 heavy (non-hydrogen) atoms. The van der Waals surface area contributed by atoms with E-state index in [1.807, 2.05) is 23.1 Å². The number of rotatable bonds is 5. The minimum absolute atomic E-state index is 0.0411. The second-order valence-corrected chi connectivity index (χ2v) is 8.89. The first-order chi connectivity index (χ1) is 14.8. The van der Waals surface area contributed by atoms with Crippen molar-refractivity contribution >= 4 is 17.2 Å². The van der Waals surface area contributed by atoms with E-state index in [0.717, 1.165) is 31.6 Å². The van der Waals surface area contributed by atoms with Crippen LogP contribution in [0.25, 0.3) is 0 Å². The molecule has 0 bridgehead atoms. The molecule has 6 nitrogen and oxygen atoms in total. The van der Waals surface area contributed by atoms with Crippen molar-refractivity contribution in [2.45, 2.75) is 26.1 Å². The third-order valence-electron chi connectivity index (χ3n) is 5.85. The Morgan fingerprint density at radius 2 is 1.87 bits per heavy atom. The monoisotopic (exact) mass is 422 g/mol. The number of carbonyl (C=O) groups excluding carboxylic acids is 1. The molecule has 0 spiro atoms. The number of aromatic nitrogens is 2. The summed E-state index contributed by atoms with van der Waals surface area (Å²) in [6.45, 7) is 5.85. The van der Waals surface area contributed by atoms with Crippen LogP contribution in [0.2, 0.25) is 0 Å². The van der Waals surface area contributed by atoms with Crippen molar-refractivity contribution in [2.24, 2.45) is 0 Å². The fourth-order valence-corrected chi connectivity index (χ4v) is 5.03. The quantitative estimate of drug-likeness (QED) is 0.634. The number of ether oxygens (including phenoxy) is 1. The lowest BCUT2D eigenvalue weighted by Crippen LogP contribution is -2.41. The Labute approximate surface area is 180 Å². The van der Waals surface area contributed by atoms with E-state index in [9.17, 15) is 4.79 Å². The number of morpholine rings is 1. The highest BCUT2D eigenvalue weighted by Crippen LogP contribution is 2.26. The summed E-state index contributed by atoms with van der Waals surface area (Å²) in [7, 11) is 0. The fraction of sp³-hybridized carbons (Fsp3) is 0.391. The molecule has 7 heteroatoms. The summed E-state index contributed by atoms with van der Waals surface area (Å²) in [5, 5.41) is 6.98. The highest BCUT2D eigenvalue weighted by atomic mass is 32.1. The molecule has 1 amide bonds. The minimum Gasteiger partial charge on any atom is -0.378 e. The summed E-state index contributed by atoms with van der Waals surface area (Å²) in [6.07, 6.45) is 0.914. The molecule has 2 aromatic heterocycles. The van der Waals surface area contributed by atoms with Gasteiger partial charge in [-0.1, -0.05) is 36.4 Å². The van der Waals surface area contributed by atoms with E-state index in [4.69, 9.17) is 9.84 Å². The molecule has 2 aliphatic heterocycles. The molecule has 0 saturated carbocycles. The standard InChI is InChI=1S/C23H26N4O2S/c28-23(26-10-12-29-13-11-26)22-20-17-25(16-19-7-4-14-30-19)9-8-21(20)27(24-22)15-18-5-2-1-3-6-18/h1-7,14H,8-13,15-17H2. The van der Waals surface area contributed by atoms with Crippen molar-refractivity contribution in [3.05, 3.63) is 75.2 Å². The van der Waals surface area contributed by atoms with Crippen LogP contribution >= 0.6 is 11.3 Å². The Bertz CT molecular complexity index is 994. The van der Waals surface area contributed by atoms with Gasteiger partial charge in [-0.3, -0.25) is 14.4 Å². The summed E-state index contributed by atoms with van der Waals surface area (Å²) >= 11 is 1.79. The first kappa shape index (κ1) is 19.5. The van der Waals surface area contributed by atoms with Gasteiger partial charge in [-0.2, -0.15) is 5.10 Å². The van der Waals surface area contributed by atoms with Crippen LogP contribution in [0.4, 0.5) is 0 Å². The Balaban J connectivity index is 1.45. The van der Waals surface area contributed by atoms with Gasteiger partial charge >= 0.3 is 0 Å². The lowest BCUT2D eigenvalue weighted by molar-refractivity contribution is 0.0297. The number of thiophene rings is 1. The van der Waals surface area contributed by atoms with Crippen LogP contribution in [0.5, 0.6) is 0 Å². The van der Waals surface area contributed by atoms with Crippen LogP contribution < -0.4 is 0 Å². The molecular weight excluding hydrogens is 396 g/mol. The largest absolute Gasteiger partial charge is 0.378 e. The predicted octanol–water partition coefficient (Wildman–Crippen LogP) is 3.02. The Kier molecular flexibility index (Phi) is 5.66. The Morgan fingerprint density at radius 1 is 1.03 bits per heavy atom. The molecule has 0 atom stereocenters. The highest BCUT2D eigenvalue weighted by molar-refractivity contribution is 7.09. The van der Waals surface area contributed by atoms with Gasteiger partial charge in [0.1, 0.15) is 0 Å². The lowest BCUT2D eigenvalue weighted by atomic mass is 10.0. The molecule has 0 radical (unpaired) electrons. The molecular formula is C23H26N4O2S. The highest BCUT2D eigenvalue weighted by Gasteiger charge is 2.31. The first-order valence-electron chi connectivity index (χ1n) is 10.5. The van der Waals surface area contributed by atoms with Crippen molar-refractivity contribution in [1.29, 1.82) is 0 Å². The Morgan fingerprint density at radius 3 is 2.63 bits per heavy atom. The third kappa shape index (κ3) is 4.05. The minimum atomic E-state index is 0.0411. The predicted molar refractivity (Wildman–Crippen MR) is 117 cm³/mol. The number of benzene rings is 1. The average molecular weight is 423 g/mol. The van der Waals surface area contributed by atoms with Gasteiger partial charge in [0.2, 0.25) is 0 Å². The summed E-state index contributed by atoms with van der Waals surface area (Å²) < 4.78 is 7.49. The molecule has 0 unspecified atom stereocenters. The van der Waals surface area contributed by atoms with Crippen LogP contribution in [-0.4, -0.2) is 58.3 Å². The maximum absolute atomic E-state index is 13.3. The van der Waals surface area contributed by atoms with E-state index < -0.39 is 0 Å². The molecule has 2 aliphatic rings. The topological polar surface area (TPSA) is 50.6 Å². The normalized spacial score (nSPS) is 17.1. The number of hydrogen-bond acceptors (Lipinski definition) is 5. The Hall–Kier alpha value is -2.48. The zero-order chi connectivity index (χ0) is 20.3. The maximum Gasteiger partial charge on any atom is 0.274 e. The number of amides is 1. The van der Waals surface area contributed by atoms with Crippen LogP contribution in [0, 0.1) is 0 Å². The van der Waals surface area contributed by atoms with E-state index in [1.165, 1.54) is 16.1 Å². The molecule has 0 aliphatic carbocycles. The fourth-order valence-electron chi connectivity index (χ4n) is 4.28. The zero-order valence-corrected chi connectivity index (χ0v) is 17.8. The average Bonchev–Trinajstić information content (AvgIpc) is 3.43. The SMILES string of the molecule is O=C(c1nn(Cc2ccccc2)c2c1CN(Cc1cccs1)CC2)N1CCOCC1. The van der Waals surface area contributed by atoms with Gasteiger partial charge in [0, 0.05) is 55.3 Å². The van der Waals surface area contributed by atoms with Crippen molar-refractivity contribution < 1.29 is 9.53 Å². The van der Waals surface area contributed by atoms with Gasteiger partial charge in [0.05, 0.1) is 19.8 Å². The van der Waals surface area contributed by atoms with E-state index in [-0.39, 0.29) is 5.91 Å². The van der Waals surface area contributed by atoms with E-state index >= 15 is 0 Å². The number of fused-ring (bicyclic) bond motifs is 1.